The predicted octanol–water partition coefficient (Wildman–Crippen LogP) is 2.40. The lowest BCUT2D eigenvalue weighted by Crippen LogP contribution is -2.51. The van der Waals surface area contributed by atoms with E-state index in [2.05, 4.69) is 14.6 Å². The molecule has 0 radical (unpaired) electrons. The van der Waals surface area contributed by atoms with Gasteiger partial charge in [0.05, 0.1) is 42.3 Å². The first-order valence-electron chi connectivity index (χ1n) is 11.8. The summed E-state index contributed by atoms with van der Waals surface area (Å²) in [6.45, 7) is 2.22. The molecular weight excluding hydrogens is 514 g/mol. The van der Waals surface area contributed by atoms with E-state index in [1.807, 2.05) is 43.5 Å². The maximum Gasteiger partial charge on any atom is 0.314 e. The van der Waals surface area contributed by atoms with Crippen molar-refractivity contribution in [3.63, 3.8) is 0 Å². The highest BCUT2D eigenvalue weighted by Crippen LogP contribution is 2.44. The molecule has 1 aliphatic carbocycles. The number of primary amides is 1. The monoisotopic (exact) mass is 541 g/mol. The van der Waals surface area contributed by atoms with Gasteiger partial charge in [-0.15, -0.1) is 0 Å². The number of carbonyl (C=O) groups is 1. The normalized spacial score (nSPS) is 18.9. The van der Waals surface area contributed by atoms with Gasteiger partial charge in [0, 0.05) is 44.4 Å². The van der Waals surface area contributed by atoms with Crippen molar-refractivity contribution in [3.05, 3.63) is 82.2 Å². The van der Waals surface area contributed by atoms with E-state index in [4.69, 9.17) is 22.3 Å². The van der Waals surface area contributed by atoms with Crippen molar-refractivity contribution in [3.8, 4) is 0 Å². The molecule has 2 unspecified atom stereocenters. The number of hydrogen-bond donors (Lipinski definition) is 2. The van der Waals surface area contributed by atoms with Gasteiger partial charge in [-0.2, -0.15) is 0 Å². The third kappa shape index (κ3) is 5.12. The number of benzene rings is 1. The van der Waals surface area contributed by atoms with Gasteiger partial charge in [-0.1, -0.05) is 23.7 Å². The van der Waals surface area contributed by atoms with Gasteiger partial charge in [0.2, 0.25) is 10.0 Å². The number of nitrogens with zero attached hydrogens (tertiary/aromatic N) is 5. The maximum atomic E-state index is 12.5. The number of aromatic nitrogens is 3. The van der Waals surface area contributed by atoms with Crippen LogP contribution in [0.1, 0.15) is 40.2 Å². The van der Waals surface area contributed by atoms with Gasteiger partial charge in [-0.3, -0.25) is 9.88 Å². The number of carbonyl (C=O) groups excluding carboxylic acids is 1. The molecule has 5 rings (SSSR count). The molecule has 2 amide bonds. The first kappa shape index (κ1) is 25.4. The Balaban J connectivity index is 1.71. The van der Waals surface area contributed by atoms with Crippen LogP contribution in [0.5, 0.6) is 0 Å². The Morgan fingerprint density at radius 2 is 1.97 bits per heavy atom. The number of halogens is 1. The number of amides is 2. The van der Waals surface area contributed by atoms with E-state index in [-0.39, 0.29) is 6.04 Å². The van der Waals surface area contributed by atoms with E-state index < -0.39 is 22.1 Å². The topological polar surface area (TPSA) is 126 Å². The summed E-state index contributed by atoms with van der Waals surface area (Å²) in [6, 6.07) is 8.12. The van der Waals surface area contributed by atoms with Crippen LogP contribution in [0.3, 0.4) is 0 Å². The lowest BCUT2D eigenvalue weighted by Gasteiger charge is -2.39. The summed E-state index contributed by atoms with van der Waals surface area (Å²) in [5.74, 6) is 0. The number of rotatable bonds is 5. The number of hydrogen-bond acceptors (Lipinski definition) is 6. The number of sulfonamides is 1. The van der Waals surface area contributed by atoms with Gasteiger partial charge in [-0.05, 0) is 46.5 Å². The molecule has 3 N–H and O–H groups in total. The maximum absolute atomic E-state index is 12.5. The minimum atomic E-state index is -3.61. The van der Waals surface area contributed by atoms with E-state index in [9.17, 15) is 13.2 Å². The number of aryl methyl sites for hydroxylation is 1. The molecule has 2 aliphatic rings. The average Bonchev–Trinajstić information content (AvgIpc) is 3.22. The number of imidazole rings is 1. The van der Waals surface area contributed by atoms with Crippen molar-refractivity contribution in [2.75, 3.05) is 32.4 Å². The molecule has 3 heterocycles. The predicted molar refractivity (Wildman–Crippen MR) is 142 cm³/mol. The van der Waals surface area contributed by atoms with Crippen LogP contribution in [-0.4, -0.2) is 71.2 Å². The van der Waals surface area contributed by atoms with Crippen LogP contribution in [0.15, 0.2) is 49.1 Å². The van der Waals surface area contributed by atoms with Crippen LogP contribution < -0.4 is 10.5 Å². The van der Waals surface area contributed by atoms with E-state index in [0.29, 0.717) is 36.9 Å². The Morgan fingerprint density at radius 1 is 1.22 bits per heavy atom. The molecule has 1 aliphatic heterocycles. The van der Waals surface area contributed by atoms with Crippen molar-refractivity contribution in [1.82, 2.24) is 29.1 Å². The summed E-state index contributed by atoms with van der Waals surface area (Å²) in [5.41, 5.74) is 10.4. The van der Waals surface area contributed by atoms with Gasteiger partial charge >= 0.3 is 6.03 Å². The van der Waals surface area contributed by atoms with Crippen molar-refractivity contribution in [2.45, 2.75) is 12.1 Å². The molecule has 0 bridgehead atoms. The fourth-order valence-electron chi connectivity index (χ4n) is 5.14. The summed E-state index contributed by atoms with van der Waals surface area (Å²) in [5, 5.41) is 0.531. The van der Waals surface area contributed by atoms with Gasteiger partial charge < -0.3 is 15.2 Å². The number of nitrogens with one attached hydrogen (secondary N) is 1. The summed E-state index contributed by atoms with van der Waals surface area (Å²) in [7, 11) is -1.78. The van der Waals surface area contributed by atoms with Crippen LogP contribution in [0.25, 0.3) is 11.6 Å². The molecule has 12 heteroatoms. The summed E-state index contributed by atoms with van der Waals surface area (Å²) in [6.07, 6.45) is 8.17. The Bertz CT molecular complexity index is 1480. The van der Waals surface area contributed by atoms with Gasteiger partial charge in [0.15, 0.2) is 0 Å². The molecule has 194 valence electrons. The minimum Gasteiger partial charge on any atom is -0.351 e. The molecule has 10 nitrogen and oxygen atoms in total. The van der Waals surface area contributed by atoms with Gasteiger partial charge in [0.25, 0.3) is 0 Å². The van der Waals surface area contributed by atoms with E-state index in [0.717, 1.165) is 34.2 Å². The summed E-state index contributed by atoms with van der Waals surface area (Å²) >= 11 is 6.52. The molecule has 37 heavy (non-hydrogen) atoms. The Hall–Kier alpha value is -3.25. The molecule has 1 aromatic carbocycles. The second-order valence-electron chi connectivity index (χ2n) is 9.33. The summed E-state index contributed by atoms with van der Waals surface area (Å²) in [4.78, 5) is 24.6. The molecule has 3 aromatic rings. The van der Waals surface area contributed by atoms with Gasteiger partial charge in [0.1, 0.15) is 0 Å². The zero-order valence-corrected chi connectivity index (χ0v) is 22.1. The van der Waals surface area contributed by atoms with Crippen LogP contribution in [0.4, 0.5) is 4.79 Å². The minimum absolute atomic E-state index is 0.238. The molecule has 1 fully saturated rings. The lowest BCUT2D eigenvalue weighted by molar-refractivity contribution is 0.123. The van der Waals surface area contributed by atoms with Crippen LogP contribution in [0, 0.1) is 0 Å². The third-order valence-corrected chi connectivity index (χ3v) is 7.74. The standard InChI is InChI=1S/C25H28ClN7O3S/c1-31-15-28-14-21(31)23(30-37(2,35)36)20-12-16-4-3-7-29-22(16)24(18-6-5-17(26)13-19(18)20)32-8-10-33(11-9-32)25(27)34/h3-7,12-15,23-24,30H,8-11H2,1-2H3,(H2,27,34). The highest BCUT2D eigenvalue weighted by atomic mass is 35.5. The largest absolute Gasteiger partial charge is 0.351 e. The number of urea groups is 1. The lowest BCUT2D eigenvalue weighted by atomic mass is 9.90. The second-order valence-corrected chi connectivity index (χ2v) is 11.5. The molecule has 0 spiro atoms. The highest BCUT2D eigenvalue weighted by Gasteiger charge is 2.36. The second kappa shape index (κ2) is 9.90. The molecule has 2 aromatic heterocycles. The SMILES string of the molecule is Cn1cncc1C(NS(C)(=O)=O)C1=Cc2cccnc2C(N2CCN(C(N)=O)CC2)c2ccc(Cl)cc21. The van der Waals surface area contributed by atoms with Crippen LogP contribution in [-0.2, 0) is 17.1 Å². The zero-order chi connectivity index (χ0) is 26.3. The number of fused-ring (bicyclic) bond motifs is 2. The van der Waals surface area contributed by atoms with Crippen molar-refractivity contribution < 1.29 is 13.2 Å². The fraction of sp³-hybridized carbons (Fsp3) is 0.320. The highest BCUT2D eigenvalue weighted by molar-refractivity contribution is 7.88. The van der Waals surface area contributed by atoms with Crippen LogP contribution >= 0.6 is 11.6 Å². The Kier molecular flexibility index (Phi) is 6.80. The van der Waals surface area contributed by atoms with Gasteiger partial charge in [-0.25, -0.2) is 22.9 Å². The van der Waals surface area contributed by atoms with E-state index in [1.165, 1.54) is 0 Å². The first-order valence-corrected chi connectivity index (χ1v) is 14.1. The average molecular weight is 542 g/mol. The van der Waals surface area contributed by atoms with Crippen molar-refractivity contribution in [2.24, 2.45) is 12.8 Å². The van der Waals surface area contributed by atoms with Crippen molar-refractivity contribution in [1.29, 1.82) is 0 Å². The number of nitrogens with two attached hydrogens (primary N) is 1. The first-order chi connectivity index (χ1) is 17.6. The Labute approximate surface area is 220 Å². The quantitative estimate of drug-likeness (QED) is 0.511. The smallest absolute Gasteiger partial charge is 0.314 e. The number of piperazine rings is 1. The third-order valence-electron chi connectivity index (χ3n) is 6.85. The van der Waals surface area contributed by atoms with Crippen molar-refractivity contribution >= 4 is 39.3 Å². The summed E-state index contributed by atoms with van der Waals surface area (Å²) < 4.78 is 29.7. The van der Waals surface area contributed by atoms with E-state index >= 15 is 0 Å². The number of pyridine rings is 1. The molecule has 2 atom stereocenters. The Morgan fingerprint density at radius 3 is 2.62 bits per heavy atom. The van der Waals surface area contributed by atoms with E-state index in [1.54, 1.807) is 28.2 Å². The fourth-order valence-corrected chi connectivity index (χ4v) is 5.99. The molecular formula is C25H28ClN7O3S. The van der Waals surface area contributed by atoms with Crippen LogP contribution in [0.2, 0.25) is 5.02 Å². The molecule has 0 saturated carbocycles. The zero-order valence-electron chi connectivity index (χ0n) is 20.5. The molecule has 1 saturated heterocycles.